The van der Waals surface area contributed by atoms with Crippen LogP contribution in [0.3, 0.4) is 0 Å². The molecule has 3 N–H and O–H groups in total. The van der Waals surface area contributed by atoms with Gasteiger partial charge in [-0.25, -0.2) is 0 Å². The average molecular weight is 180 g/mol. The normalized spacial score (nSPS) is 27.7. The van der Waals surface area contributed by atoms with Gasteiger partial charge in [0.05, 0.1) is 0 Å². The van der Waals surface area contributed by atoms with E-state index in [0.29, 0.717) is 6.42 Å². The molecule has 1 fully saturated rings. The summed E-state index contributed by atoms with van der Waals surface area (Å²) in [5.74, 6) is -0.756. The molecule has 70 valence electrons. The van der Waals surface area contributed by atoms with Crippen molar-refractivity contribution in [2.24, 2.45) is 0 Å². The zero-order chi connectivity index (χ0) is 9.26. The molecule has 0 aromatic carbocycles. The number of nitrogens with one attached hydrogen (secondary N) is 2. The molecular weight excluding hydrogens is 168 g/mol. The molecule has 13 heavy (non-hydrogen) atoms. The van der Waals surface area contributed by atoms with E-state index in [0.717, 1.165) is 12.1 Å². The van der Waals surface area contributed by atoms with Crippen molar-refractivity contribution in [2.45, 2.75) is 24.9 Å². The van der Waals surface area contributed by atoms with Crippen LogP contribution < -0.4 is 5.32 Å². The van der Waals surface area contributed by atoms with E-state index >= 15 is 0 Å². The van der Waals surface area contributed by atoms with Gasteiger partial charge < -0.3 is 10.1 Å². The van der Waals surface area contributed by atoms with Crippen molar-refractivity contribution in [2.75, 3.05) is 0 Å². The summed E-state index contributed by atoms with van der Waals surface area (Å²) in [5.41, 5.74) is 1.07. The Hall–Kier alpha value is -1.29. The first-order valence-electron chi connectivity index (χ1n) is 4.39. The number of rotatable bonds is 2. The Morgan fingerprint density at radius 2 is 2.38 bits per heavy atom. The van der Waals surface area contributed by atoms with Gasteiger partial charge in [0.2, 0.25) is 0 Å². The second-order valence-corrected chi connectivity index (χ2v) is 3.31. The van der Waals surface area contributed by atoms with Gasteiger partial charge in [0.1, 0.15) is 6.04 Å². The topological polar surface area (TPSA) is 65.1 Å². The molecule has 2 atom stereocenters. The van der Waals surface area contributed by atoms with Crippen LogP contribution in [0.15, 0.2) is 18.3 Å². The van der Waals surface area contributed by atoms with Gasteiger partial charge in [0.15, 0.2) is 0 Å². The average Bonchev–Trinajstić information content (AvgIpc) is 2.75. The van der Waals surface area contributed by atoms with Gasteiger partial charge in [0, 0.05) is 17.9 Å². The molecule has 0 radical (unpaired) electrons. The first-order chi connectivity index (χ1) is 6.27. The summed E-state index contributed by atoms with van der Waals surface area (Å²) in [5, 5.41) is 11.8. The molecule has 0 aliphatic carbocycles. The summed E-state index contributed by atoms with van der Waals surface area (Å²) in [6.45, 7) is 0. The maximum atomic E-state index is 10.6. The summed E-state index contributed by atoms with van der Waals surface area (Å²) in [6.07, 6.45) is 3.45. The van der Waals surface area contributed by atoms with E-state index in [2.05, 4.69) is 10.3 Å². The number of H-pyrrole nitrogens is 1. The van der Waals surface area contributed by atoms with Crippen LogP contribution in [0.2, 0.25) is 0 Å². The predicted octanol–water partition coefficient (Wildman–Crippen LogP) is 0.892. The van der Waals surface area contributed by atoms with Gasteiger partial charge in [0.25, 0.3) is 0 Å². The van der Waals surface area contributed by atoms with E-state index in [9.17, 15) is 4.79 Å². The number of carbonyl (C=O) groups is 1. The summed E-state index contributed by atoms with van der Waals surface area (Å²) in [4.78, 5) is 13.7. The van der Waals surface area contributed by atoms with Crippen molar-refractivity contribution >= 4 is 5.97 Å². The van der Waals surface area contributed by atoms with Crippen molar-refractivity contribution < 1.29 is 9.90 Å². The number of carboxylic acid groups (broad SMARTS) is 1. The number of carboxylic acids is 1. The molecule has 0 amide bonds. The Morgan fingerprint density at radius 1 is 1.54 bits per heavy atom. The highest BCUT2D eigenvalue weighted by Gasteiger charge is 2.29. The predicted molar refractivity (Wildman–Crippen MR) is 47.3 cm³/mol. The van der Waals surface area contributed by atoms with Crippen LogP contribution in [0, 0.1) is 0 Å². The van der Waals surface area contributed by atoms with Gasteiger partial charge in [-0.1, -0.05) is 0 Å². The molecule has 2 rings (SSSR count). The Kier molecular flexibility index (Phi) is 2.06. The minimum absolute atomic E-state index is 0.177. The number of aromatic amines is 1. The Bertz CT molecular complexity index is 295. The van der Waals surface area contributed by atoms with Gasteiger partial charge in [-0.15, -0.1) is 0 Å². The van der Waals surface area contributed by atoms with Crippen molar-refractivity contribution in [1.82, 2.24) is 10.3 Å². The van der Waals surface area contributed by atoms with Crippen LogP contribution in [0.1, 0.15) is 24.6 Å². The SMILES string of the molecule is O=C(O)[C@@H]1CC[C@H](c2ccc[nH]2)N1. The lowest BCUT2D eigenvalue weighted by molar-refractivity contribution is -0.139. The highest BCUT2D eigenvalue weighted by atomic mass is 16.4. The van der Waals surface area contributed by atoms with Crippen molar-refractivity contribution in [3.8, 4) is 0 Å². The zero-order valence-electron chi connectivity index (χ0n) is 7.16. The number of aromatic nitrogens is 1. The summed E-state index contributed by atoms with van der Waals surface area (Å²) in [7, 11) is 0. The number of hydrogen-bond acceptors (Lipinski definition) is 2. The molecular formula is C9H12N2O2. The lowest BCUT2D eigenvalue weighted by Crippen LogP contribution is -2.31. The summed E-state index contributed by atoms with van der Waals surface area (Å²) < 4.78 is 0. The molecule has 1 saturated heterocycles. The number of hydrogen-bond donors (Lipinski definition) is 3. The number of aliphatic carboxylic acids is 1. The van der Waals surface area contributed by atoms with Crippen LogP contribution in [-0.4, -0.2) is 22.1 Å². The van der Waals surface area contributed by atoms with Gasteiger partial charge in [-0.3, -0.25) is 10.1 Å². The maximum Gasteiger partial charge on any atom is 0.320 e. The zero-order valence-corrected chi connectivity index (χ0v) is 7.16. The van der Waals surface area contributed by atoms with E-state index in [4.69, 9.17) is 5.11 Å². The Labute approximate surface area is 76.0 Å². The first kappa shape index (κ1) is 8.31. The molecule has 4 nitrogen and oxygen atoms in total. The molecule has 1 aromatic rings. The highest BCUT2D eigenvalue weighted by molar-refractivity contribution is 5.73. The van der Waals surface area contributed by atoms with Crippen molar-refractivity contribution in [1.29, 1.82) is 0 Å². The second-order valence-electron chi connectivity index (χ2n) is 3.31. The van der Waals surface area contributed by atoms with E-state index in [1.165, 1.54) is 0 Å². The third-order valence-corrected chi connectivity index (χ3v) is 2.44. The van der Waals surface area contributed by atoms with Gasteiger partial charge in [-0.2, -0.15) is 0 Å². The molecule has 1 aromatic heterocycles. The van der Waals surface area contributed by atoms with Crippen LogP contribution >= 0.6 is 0 Å². The fraction of sp³-hybridized carbons (Fsp3) is 0.444. The summed E-state index contributed by atoms with van der Waals surface area (Å²) >= 11 is 0. The minimum Gasteiger partial charge on any atom is -0.480 e. The van der Waals surface area contributed by atoms with Crippen LogP contribution in [-0.2, 0) is 4.79 Å². The highest BCUT2D eigenvalue weighted by Crippen LogP contribution is 2.24. The largest absolute Gasteiger partial charge is 0.480 e. The Morgan fingerprint density at radius 3 is 2.92 bits per heavy atom. The quantitative estimate of drug-likeness (QED) is 0.633. The molecule has 1 aliphatic rings. The van der Waals surface area contributed by atoms with Crippen molar-refractivity contribution in [3.05, 3.63) is 24.0 Å². The molecule has 0 bridgehead atoms. The van der Waals surface area contributed by atoms with Crippen LogP contribution in [0.4, 0.5) is 0 Å². The second kappa shape index (κ2) is 3.22. The molecule has 4 heteroatoms. The van der Waals surface area contributed by atoms with E-state index in [1.54, 1.807) is 0 Å². The lowest BCUT2D eigenvalue weighted by atomic mass is 10.1. The van der Waals surface area contributed by atoms with E-state index < -0.39 is 5.97 Å². The minimum atomic E-state index is -0.756. The fourth-order valence-electron chi connectivity index (χ4n) is 1.74. The molecule has 0 unspecified atom stereocenters. The third-order valence-electron chi connectivity index (χ3n) is 2.44. The fourth-order valence-corrected chi connectivity index (χ4v) is 1.74. The van der Waals surface area contributed by atoms with Gasteiger partial charge in [-0.05, 0) is 25.0 Å². The monoisotopic (exact) mass is 180 g/mol. The Balaban J connectivity index is 2.03. The van der Waals surface area contributed by atoms with Crippen LogP contribution in [0.5, 0.6) is 0 Å². The van der Waals surface area contributed by atoms with E-state index in [-0.39, 0.29) is 12.1 Å². The maximum absolute atomic E-state index is 10.6. The smallest absolute Gasteiger partial charge is 0.320 e. The first-order valence-corrected chi connectivity index (χ1v) is 4.39. The molecule has 1 aliphatic heterocycles. The standard InChI is InChI=1S/C9H12N2O2/c12-9(13)8-4-3-7(11-8)6-2-1-5-10-6/h1-2,5,7-8,10-11H,3-4H2,(H,12,13)/t7-,8+/m1/s1. The van der Waals surface area contributed by atoms with Crippen molar-refractivity contribution in [3.63, 3.8) is 0 Å². The lowest BCUT2D eigenvalue weighted by Gasteiger charge is -2.09. The van der Waals surface area contributed by atoms with E-state index in [1.807, 2.05) is 18.3 Å². The van der Waals surface area contributed by atoms with Gasteiger partial charge >= 0.3 is 5.97 Å². The van der Waals surface area contributed by atoms with Crippen LogP contribution in [0.25, 0.3) is 0 Å². The third kappa shape index (κ3) is 1.58. The summed E-state index contributed by atoms with van der Waals surface area (Å²) in [6, 6.07) is 3.69. The molecule has 0 saturated carbocycles. The molecule has 0 spiro atoms. The molecule has 2 heterocycles.